The number of hydrogen-bond donors (Lipinski definition) is 1. The lowest BCUT2D eigenvalue weighted by molar-refractivity contribution is 0.279. The van der Waals surface area contributed by atoms with Gasteiger partial charge in [-0.2, -0.15) is 0 Å². The molecule has 1 aliphatic carbocycles. The Morgan fingerprint density at radius 3 is 1.75 bits per heavy atom. The van der Waals surface area contributed by atoms with Gasteiger partial charge in [-0.3, -0.25) is 0 Å². The average molecular weight is 191 g/mol. The first-order valence-electron chi connectivity index (χ1n) is 4.15. The van der Waals surface area contributed by atoms with Gasteiger partial charge in [0.25, 0.3) is 0 Å². The van der Waals surface area contributed by atoms with Crippen molar-refractivity contribution in [2.45, 2.75) is 39.2 Å². The van der Waals surface area contributed by atoms with E-state index in [0.29, 0.717) is 0 Å². The van der Waals surface area contributed by atoms with Crippen LogP contribution in [0.2, 0.25) is 0 Å². The van der Waals surface area contributed by atoms with E-state index in [1.165, 1.54) is 6.26 Å². The smallest absolute Gasteiger partial charge is 0.209 e. The molecule has 1 aliphatic rings. The van der Waals surface area contributed by atoms with Crippen LogP contribution in [0.4, 0.5) is 0 Å². The molecule has 1 rings (SSSR count). The van der Waals surface area contributed by atoms with Gasteiger partial charge in [-0.15, -0.1) is 0 Å². The third-order valence-corrected chi connectivity index (χ3v) is 3.33. The molecular formula is C8H17NO2S. The van der Waals surface area contributed by atoms with Crippen LogP contribution >= 0.6 is 0 Å². The highest BCUT2D eigenvalue weighted by Gasteiger charge is 2.53. The number of nitrogens with one attached hydrogen (secondary N) is 1. The normalized spacial score (nSPS) is 22.3. The average Bonchev–Trinajstić information content (AvgIpc) is 2.39. The van der Waals surface area contributed by atoms with Gasteiger partial charge in [0.05, 0.1) is 6.26 Å². The van der Waals surface area contributed by atoms with Gasteiger partial charge < -0.3 is 0 Å². The molecule has 0 aromatic heterocycles. The fourth-order valence-corrected chi connectivity index (χ4v) is 2.71. The van der Waals surface area contributed by atoms with Crippen LogP contribution < -0.4 is 4.72 Å². The van der Waals surface area contributed by atoms with Gasteiger partial charge in [0.15, 0.2) is 0 Å². The van der Waals surface area contributed by atoms with Crippen molar-refractivity contribution in [2.24, 2.45) is 5.41 Å². The molecule has 0 aliphatic heterocycles. The van der Waals surface area contributed by atoms with E-state index in [-0.39, 0.29) is 11.0 Å². The van der Waals surface area contributed by atoms with E-state index in [2.05, 4.69) is 25.5 Å². The predicted octanol–water partition coefficient (Wildman–Crippen LogP) is 1.11. The van der Waals surface area contributed by atoms with Crippen molar-refractivity contribution in [3.63, 3.8) is 0 Å². The van der Waals surface area contributed by atoms with Crippen molar-refractivity contribution >= 4 is 10.0 Å². The Balaban J connectivity index is 2.76. The monoisotopic (exact) mass is 191 g/mol. The zero-order valence-electron chi connectivity index (χ0n) is 8.14. The van der Waals surface area contributed by atoms with Crippen LogP contribution in [0.15, 0.2) is 0 Å². The predicted molar refractivity (Wildman–Crippen MR) is 49.4 cm³/mol. The van der Waals surface area contributed by atoms with Gasteiger partial charge in [0, 0.05) is 5.54 Å². The van der Waals surface area contributed by atoms with Gasteiger partial charge in [0.2, 0.25) is 10.0 Å². The summed E-state index contributed by atoms with van der Waals surface area (Å²) in [4.78, 5) is 0. The molecule has 3 nitrogen and oxygen atoms in total. The minimum atomic E-state index is -3.05. The summed E-state index contributed by atoms with van der Waals surface area (Å²) in [6, 6.07) is 0. The Bertz CT molecular complexity index is 270. The molecule has 0 unspecified atom stereocenters. The summed E-state index contributed by atoms with van der Waals surface area (Å²) in [6.07, 6.45) is 3.14. The van der Waals surface area contributed by atoms with E-state index in [9.17, 15) is 8.42 Å². The van der Waals surface area contributed by atoms with E-state index in [1.807, 2.05) is 0 Å². The summed E-state index contributed by atoms with van der Waals surface area (Å²) in [5.41, 5.74) is -0.142. The van der Waals surface area contributed by atoms with Gasteiger partial charge >= 0.3 is 0 Å². The largest absolute Gasteiger partial charge is 0.213 e. The lowest BCUT2D eigenvalue weighted by atomic mass is 9.85. The quantitative estimate of drug-likeness (QED) is 0.711. The molecule has 4 heteroatoms. The molecule has 0 spiro atoms. The van der Waals surface area contributed by atoms with Crippen LogP contribution in [0.25, 0.3) is 0 Å². The van der Waals surface area contributed by atoms with Crippen molar-refractivity contribution in [3.8, 4) is 0 Å². The van der Waals surface area contributed by atoms with Crippen LogP contribution in [-0.2, 0) is 10.0 Å². The van der Waals surface area contributed by atoms with Gasteiger partial charge in [-0.25, -0.2) is 13.1 Å². The third kappa shape index (κ3) is 1.98. The fourth-order valence-electron chi connectivity index (χ4n) is 1.49. The number of hydrogen-bond acceptors (Lipinski definition) is 2. The van der Waals surface area contributed by atoms with Crippen LogP contribution in [0, 0.1) is 5.41 Å². The van der Waals surface area contributed by atoms with Gasteiger partial charge in [-0.05, 0) is 18.3 Å². The van der Waals surface area contributed by atoms with Crippen LogP contribution in [0.1, 0.15) is 33.6 Å². The second-order valence-corrected chi connectivity index (χ2v) is 6.45. The van der Waals surface area contributed by atoms with E-state index in [1.54, 1.807) is 0 Å². The van der Waals surface area contributed by atoms with Crippen LogP contribution in [0.3, 0.4) is 0 Å². The maximum Gasteiger partial charge on any atom is 0.209 e. The molecule has 1 N–H and O–H groups in total. The van der Waals surface area contributed by atoms with Crippen molar-refractivity contribution in [2.75, 3.05) is 6.26 Å². The first kappa shape index (κ1) is 9.99. The van der Waals surface area contributed by atoms with E-state index in [4.69, 9.17) is 0 Å². The molecular weight excluding hydrogens is 174 g/mol. The minimum Gasteiger partial charge on any atom is -0.213 e. The second kappa shape index (κ2) is 2.45. The molecule has 1 saturated carbocycles. The molecule has 0 heterocycles. The van der Waals surface area contributed by atoms with E-state index < -0.39 is 10.0 Å². The molecule has 0 radical (unpaired) electrons. The molecule has 1 fully saturated rings. The summed E-state index contributed by atoms with van der Waals surface area (Å²) in [5, 5.41) is 0. The Morgan fingerprint density at radius 2 is 1.67 bits per heavy atom. The summed E-state index contributed by atoms with van der Waals surface area (Å²) in [6.45, 7) is 6.20. The number of sulfonamides is 1. The lowest BCUT2D eigenvalue weighted by Gasteiger charge is -2.30. The first-order valence-corrected chi connectivity index (χ1v) is 6.04. The van der Waals surface area contributed by atoms with Crippen LogP contribution in [0.5, 0.6) is 0 Å². The van der Waals surface area contributed by atoms with Crippen LogP contribution in [-0.4, -0.2) is 20.2 Å². The van der Waals surface area contributed by atoms with Gasteiger partial charge in [0.1, 0.15) is 0 Å². The standard InChI is InChI=1S/C8H17NO2S/c1-7(2,3)8(5-6-8)9-12(4,10)11/h9H,5-6H2,1-4H3. The zero-order chi connectivity index (χ0) is 9.62. The van der Waals surface area contributed by atoms with Gasteiger partial charge in [-0.1, -0.05) is 20.8 Å². The SMILES string of the molecule is CC(C)(C)C1(NS(C)(=O)=O)CC1. The summed E-state index contributed by atoms with van der Waals surface area (Å²) in [5.74, 6) is 0. The molecule has 0 aromatic rings. The van der Waals surface area contributed by atoms with Crippen molar-refractivity contribution < 1.29 is 8.42 Å². The number of rotatable bonds is 2. The Morgan fingerprint density at radius 1 is 1.25 bits per heavy atom. The zero-order valence-corrected chi connectivity index (χ0v) is 8.96. The minimum absolute atomic E-state index is 0.0239. The molecule has 12 heavy (non-hydrogen) atoms. The topological polar surface area (TPSA) is 46.2 Å². The Hall–Kier alpha value is -0.0900. The Labute approximate surface area is 74.6 Å². The fraction of sp³-hybridized carbons (Fsp3) is 1.00. The highest BCUT2D eigenvalue weighted by Crippen LogP contribution is 2.49. The first-order chi connectivity index (χ1) is 5.16. The Kier molecular flexibility index (Phi) is 2.04. The lowest BCUT2D eigenvalue weighted by Crippen LogP contribution is -2.45. The maximum atomic E-state index is 11.0. The highest BCUT2D eigenvalue weighted by atomic mass is 32.2. The van der Waals surface area contributed by atoms with Crippen molar-refractivity contribution in [1.29, 1.82) is 0 Å². The van der Waals surface area contributed by atoms with E-state index >= 15 is 0 Å². The molecule has 0 saturated heterocycles. The van der Waals surface area contributed by atoms with Crippen molar-refractivity contribution in [1.82, 2.24) is 4.72 Å². The maximum absolute atomic E-state index is 11.0. The summed E-state index contributed by atoms with van der Waals surface area (Å²) in [7, 11) is -3.05. The highest BCUT2D eigenvalue weighted by molar-refractivity contribution is 7.88. The van der Waals surface area contributed by atoms with Crippen molar-refractivity contribution in [3.05, 3.63) is 0 Å². The second-order valence-electron chi connectivity index (χ2n) is 4.71. The summed E-state index contributed by atoms with van der Waals surface area (Å²) < 4.78 is 24.8. The molecule has 0 amide bonds. The molecule has 0 bridgehead atoms. The van der Waals surface area contributed by atoms with E-state index in [0.717, 1.165) is 12.8 Å². The molecule has 72 valence electrons. The third-order valence-electron chi connectivity index (χ3n) is 2.57. The summed E-state index contributed by atoms with van der Waals surface area (Å²) >= 11 is 0. The molecule has 0 aromatic carbocycles. The molecule has 0 atom stereocenters.